The molecule has 1 aliphatic heterocycles. The van der Waals surface area contributed by atoms with Crippen molar-refractivity contribution in [3.63, 3.8) is 0 Å². The molecule has 0 N–H and O–H groups in total. The highest BCUT2D eigenvalue weighted by molar-refractivity contribution is 5.11. The lowest BCUT2D eigenvalue weighted by molar-refractivity contribution is 0.265. The van der Waals surface area contributed by atoms with Gasteiger partial charge in [-0.15, -0.1) is 0 Å². The third kappa shape index (κ3) is 0.686. The highest BCUT2D eigenvalue weighted by Crippen LogP contribution is 2.15. The van der Waals surface area contributed by atoms with Gasteiger partial charge in [-0.05, 0) is 0 Å². The summed E-state index contributed by atoms with van der Waals surface area (Å²) in [6.45, 7) is 2.80. The van der Waals surface area contributed by atoms with Crippen LogP contribution in [0.2, 0.25) is 0 Å². The van der Waals surface area contributed by atoms with E-state index in [4.69, 9.17) is 4.74 Å². The van der Waals surface area contributed by atoms with Crippen molar-refractivity contribution in [3.8, 4) is 5.88 Å². The lowest BCUT2D eigenvalue weighted by Gasteiger charge is -2.12. The maximum Gasteiger partial charge on any atom is 0.212 e. The van der Waals surface area contributed by atoms with E-state index in [9.17, 15) is 0 Å². The summed E-state index contributed by atoms with van der Waals surface area (Å²) in [5.74, 6) is 0.848. The maximum absolute atomic E-state index is 5.23. The summed E-state index contributed by atoms with van der Waals surface area (Å²) >= 11 is 0. The van der Waals surface area contributed by atoms with Crippen LogP contribution in [0.3, 0.4) is 0 Å². The molecule has 0 atom stereocenters. The summed E-state index contributed by atoms with van der Waals surface area (Å²) in [4.78, 5) is 0. The SMILES string of the molecule is [CH]1CCOc2ccnn21. The maximum atomic E-state index is 5.23. The molecule has 1 aromatic heterocycles. The van der Waals surface area contributed by atoms with E-state index >= 15 is 0 Å². The van der Waals surface area contributed by atoms with Gasteiger partial charge in [0.1, 0.15) is 0 Å². The van der Waals surface area contributed by atoms with Gasteiger partial charge in [-0.25, -0.2) is 4.68 Å². The largest absolute Gasteiger partial charge is 0.478 e. The summed E-state index contributed by atoms with van der Waals surface area (Å²) in [5.41, 5.74) is 0. The van der Waals surface area contributed by atoms with E-state index in [0.29, 0.717) is 0 Å². The van der Waals surface area contributed by atoms with E-state index in [2.05, 4.69) is 5.10 Å². The van der Waals surface area contributed by atoms with Crippen LogP contribution in [-0.4, -0.2) is 16.4 Å². The van der Waals surface area contributed by atoms with Gasteiger partial charge in [0.15, 0.2) is 0 Å². The van der Waals surface area contributed by atoms with Crippen molar-refractivity contribution in [1.29, 1.82) is 0 Å². The van der Waals surface area contributed by atoms with Crippen LogP contribution in [0.4, 0.5) is 0 Å². The van der Waals surface area contributed by atoms with Gasteiger partial charge in [-0.1, -0.05) is 0 Å². The molecule has 2 heterocycles. The highest BCUT2D eigenvalue weighted by Gasteiger charge is 2.07. The summed E-state index contributed by atoms with van der Waals surface area (Å²) in [7, 11) is 0. The number of rotatable bonds is 0. The number of nitrogens with zero attached hydrogens (tertiary/aromatic N) is 2. The first-order valence-electron chi connectivity index (χ1n) is 2.96. The lowest BCUT2D eigenvalue weighted by atomic mass is 10.4. The highest BCUT2D eigenvalue weighted by atomic mass is 16.5. The van der Waals surface area contributed by atoms with Gasteiger partial charge in [0.25, 0.3) is 0 Å². The van der Waals surface area contributed by atoms with Crippen molar-refractivity contribution in [3.05, 3.63) is 18.8 Å². The van der Waals surface area contributed by atoms with Gasteiger partial charge in [0, 0.05) is 12.5 Å². The minimum atomic E-state index is 0.783. The molecule has 0 bridgehead atoms. The van der Waals surface area contributed by atoms with Crippen molar-refractivity contribution in [1.82, 2.24) is 9.78 Å². The predicted molar refractivity (Wildman–Crippen MR) is 32.0 cm³/mol. The summed E-state index contributed by atoms with van der Waals surface area (Å²) in [5, 5.41) is 3.99. The number of fused-ring (bicyclic) bond motifs is 1. The van der Waals surface area contributed by atoms with Crippen molar-refractivity contribution in [2.75, 3.05) is 6.61 Å². The Morgan fingerprint density at radius 2 is 2.67 bits per heavy atom. The molecule has 0 aliphatic carbocycles. The Hall–Kier alpha value is -0.990. The fourth-order valence-electron chi connectivity index (χ4n) is 0.892. The molecule has 3 heteroatoms. The van der Waals surface area contributed by atoms with Gasteiger partial charge in [0.05, 0.1) is 19.3 Å². The van der Waals surface area contributed by atoms with E-state index in [1.165, 1.54) is 0 Å². The Morgan fingerprint density at radius 1 is 1.67 bits per heavy atom. The molecule has 0 spiro atoms. The van der Waals surface area contributed by atoms with Gasteiger partial charge in [-0.2, -0.15) is 5.10 Å². The zero-order chi connectivity index (χ0) is 6.10. The summed E-state index contributed by atoms with van der Waals surface area (Å²) < 4.78 is 6.99. The lowest BCUT2D eigenvalue weighted by Crippen LogP contribution is -2.12. The fourth-order valence-corrected chi connectivity index (χ4v) is 0.892. The Balaban J connectivity index is 2.39. The molecule has 0 fully saturated rings. The Morgan fingerprint density at radius 3 is 3.56 bits per heavy atom. The van der Waals surface area contributed by atoms with E-state index in [-0.39, 0.29) is 0 Å². The Labute approximate surface area is 53.2 Å². The van der Waals surface area contributed by atoms with Crippen molar-refractivity contribution >= 4 is 0 Å². The third-order valence-electron chi connectivity index (χ3n) is 1.30. The molecule has 1 aromatic rings. The average molecular weight is 123 g/mol. The standard InChI is InChI=1S/C6H7N2O/c1-4-8-6(9-5-1)2-3-7-8/h2-4H,1,5H2. The average Bonchev–Trinajstić information content (AvgIpc) is 2.33. The van der Waals surface area contributed by atoms with E-state index in [1.54, 1.807) is 10.9 Å². The molecule has 9 heavy (non-hydrogen) atoms. The second-order valence-electron chi connectivity index (χ2n) is 1.93. The van der Waals surface area contributed by atoms with E-state index < -0.39 is 0 Å². The monoisotopic (exact) mass is 123 g/mol. The molecule has 47 valence electrons. The van der Waals surface area contributed by atoms with Gasteiger partial charge in [-0.3, -0.25) is 0 Å². The van der Waals surface area contributed by atoms with Crippen LogP contribution < -0.4 is 4.74 Å². The smallest absolute Gasteiger partial charge is 0.212 e. The minimum absolute atomic E-state index is 0.783. The molecule has 2 rings (SSSR count). The number of ether oxygens (including phenoxy) is 1. The molecule has 0 saturated carbocycles. The van der Waals surface area contributed by atoms with Crippen LogP contribution >= 0.6 is 0 Å². The van der Waals surface area contributed by atoms with Crippen LogP contribution in [0, 0.1) is 6.54 Å². The molecular weight excluding hydrogens is 116 g/mol. The van der Waals surface area contributed by atoms with Crippen molar-refractivity contribution in [2.45, 2.75) is 6.42 Å². The predicted octanol–water partition coefficient (Wildman–Crippen LogP) is 0.675. The first-order valence-corrected chi connectivity index (χ1v) is 2.96. The second-order valence-corrected chi connectivity index (χ2v) is 1.93. The fraction of sp³-hybridized carbons (Fsp3) is 0.333. The van der Waals surface area contributed by atoms with Crippen LogP contribution in [0.1, 0.15) is 6.42 Å². The van der Waals surface area contributed by atoms with Crippen LogP contribution in [0.25, 0.3) is 0 Å². The minimum Gasteiger partial charge on any atom is -0.478 e. The van der Waals surface area contributed by atoms with E-state index in [0.717, 1.165) is 18.9 Å². The Bertz CT molecular complexity index is 186. The van der Waals surface area contributed by atoms with Crippen LogP contribution in [0.15, 0.2) is 12.3 Å². The van der Waals surface area contributed by atoms with Crippen molar-refractivity contribution in [2.24, 2.45) is 0 Å². The molecule has 1 radical (unpaired) electrons. The molecular formula is C6H7N2O. The molecule has 0 unspecified atom stereocenters. The first-order chi connectivity index (χ1) is 4.47. The number of hydrogen-bond acceptors (Lipinski definition) is 2. The summed E-state index contributed by atoms with van der Waals surface area (Å²) in [6.07, 6.45) is 2.69. The summed E-state index contributed by atoms with van der Waals surface area (Å²) in [6, 6.07) is 1.86. The first kappa shape index (κ1) is 4.85. The molecule has 1 aliphatic rings. The molecule has 0 amide bonds. The molecule has 3 nitrogen and oxygen atoms in total. The second kappa shape index (κ2) is 1.76. The topological polar surface area (TPSA) is 27.1 Å². The quantitative estimate of drug-likeness (QED) is 0.507. The van der Waals surface area contributed by atoms with Gasteiger partial charge in [0.2, 0.25) is 5.88 Å². The normalized spacial score (nSPS) is 16.4. The number of hydrogen-bond donors (Lipinski definition) is 0. The molecule has 0 saturated heterocycles. The number of aromatic nitrogens is 2. The Kier molecular flexibility index (Phi) is 0.946. The van der Waals surface area contributed by atoms with Gasteiger partial charge >= 0.3 is 0 Å². The third-order valence-corrected chi connectivity index (χ3v) is 1.30. The van der Waals surface area contributed by atoms with Crippen LogP contribution in [-0.2, 0) is 0 Å². The van der Waals surface area contributed by atoms with Gasteiger partial charge < -0.3 is 4.74 Å². The zero-order valence-corrected chi connectivity index (χ0v) is 4.95. The van der Waals surface area contributed by atoms with E-state index in [1.807, 2.05) is 12.6 Å². The van der Waals surface area contributed by atoms with Crippen LogP contribution in [0.5, 0.6) is 5.88 Å². The van der Waals surface area contributed by atoms with Crippen molar-refractivity contribution < 1.29 is 4.74 Å². The zero-order valence-electron chi connectivity index (χ0n) is 4.95. The molecule has 0 aromatic carbocycles.